The maximum absolute atomic E-state index is 11.5. The first-order valence-electron chi connectivity index (χ1n) is 6.04. The van der Waals surface area contributed by atoms with E-state index < -0.39 is 12.1 Å². The number of hydroxylamine groups is 1. The van der Waals surface area contributed by atoms with Crippen LogP contribution in [0.5, 0.6) is 0 Å². The van der Waals surface area contributed by atoms with Gasteiger partial charge in [0.25, 0.3) is 5.91 Å². The first-order chi connectivity index (χ1) is 9.13. The van der Waals surface area contributed by atoms with Crippen LogP contribution in [-0.4, -0.2) is 30.2 Å². The third-order valence-corrected chi connectivity index (χ3v) is 2.72. The van der Waals surface area contributed by atoms with Crippen molar-refractivity contribution in [1.29, 1.82) is 0 Å². The van der Waals surface area contributed by atoms with Crippen molar-refractivity contribution in [2.24, 2.45) is 0 Å². The van der Waals surface area contributed by atoms with Gasteiger partial charge in [0.05, 0.1) is 25.3 Å². The first kappa shape index (κ1) is 13.5. The van der Waals surface area contributed by atoms with E-state index in [9.17, 15) is 14.7 Å². The molecule has 1 saturated heterocycles. The number of esters is 1. The molecular weight excluding hydrogens is 250 g/mol. The molecule has 19 heavy (non-hydrogen) atoms. The van der Waals surface area contributed by atoms with Crippen LogP contribution in [0.15, 0.2) is 24.3 Å². The standard InChI is InChI=1S/C13H15NO5/c1-2-18-13(17)12(16)9-3-5-10(6-4-9)14-11(15)7-8-19-14/h3-6,12,16H,2,7-8H2,1H3. The molecule has 1 aromatic rings. The zero-order chi connectivity index (χ0) is 13.8. The monoisotopic (exact) mass is 265 g/mol. The van der Waals surface area contributed by atoms with Crippen LogP contribution in [-0.2, 0) is 19.2 Å². The van der Waals surface area contributed by atoms with E-state index in [4.69, 9.17) is 9.57 Å². The third kappa shape index (κ3) is 2.91. The molecule has 1 unspecified atom stereocenters. The first-order valence-corrected chi connectivity index (χ1v) is 6.04. The molecule has 6 nitrogen and oxygen atoms in total. The number of benzene rings is 1. The van der Waals surface area contributed by atoms with Crippen LogP contribution in [0.25, 0.3) is 0 Å². The van der Waals surface area contributed by atoms with Crippen molar-refractivity contribution in [2.75, 3.05) is 18.3 Å². The molecule has 0 radical (unpaired) electrons. The molecule has 6 heteroatoms. The number of carbonyl (C=O) groups excluding carboxylic acids is 2. The number of amides is 1. The molecule has 0 aromatic heterocycles. The molecule has 1 amide bonds. The Morgan fingerprint density at radius 2 is 2.16 bits per heavy atom. The van der Waals surface area contributed by atoms with Crippen LogP contribution in [0.4, 0.5) is 5.69 Å². The van der Waals surface area contributed by atoms with E-state index in [0.29, 0.717) is 24.3 Å². The molecule has 0 bridgehead atoms. The molecular formula is C13H15NO5. The number of carbonyl (C=O) groups is 2. The summed E-state index contributed by atoms with van der Waals surface area (Å²) in [5.74, 6) is -0.803. The van der Waals surface area contributed by atoms with Crippen molar-refractivity contribution in [2.45, 2.75) is 19.4 Å². The molecule has 1 N–H and O–H groups in total. The van der Waals surface area contributed by atoms with Crippen molar-refractivity contribution < 1.29 is 24.3 Å². The fourth-order valence-electron chi connectivity index (χ4n) is 1.77. The Morgan fingerprint density at radius 1 is 1.47 bits per heavy atom. The second-order valence-electron chi connectivity index (χ2n) is 4.02. The van der Waals surface area contributed by atoms with Gasteiger partial charge in [-0.25, -0.2) is 4.79 Å². The molecule has 1 aliphatic heterocycles. The van der Waals surface area contributed by atoms with Gasteiger partial charge >= 0.3 is 5.97 Å². The van der Waals surface area contributed by atoms with Crippen LogP contribution in [0.3, 0.4) is 0 Å². The molecule has 0 spiro atoms. The highest BCUT2D eigenvalue weighted by atomic mass is 16.7. The van der Waals surface area contributed by atoms with Gasteiger partial charge in [-0.1, -0.05) is 12.1 Å². The van der Waals surface area contributed by atoms with Gasteiger partial charge in [-0.3, -0.25) is 9.63 Å². The number of aliphatic hydroxyl groups excluding tert-OH is 1. The SMILES string of the molecule is CCOC(=O)C(O)c1ccc(N2OCCC2=O)cc1. The van der Waals surface area contributed by atoms with Crippen molar-refractivity contribution in [3.63, 3.8) is 0 Å². The number of nitrogens with zero attached hydrogens (tertiary/aromatic N) is 1. The second kappa shape index (κ2) is 5.81. The van der Waals surface area contributed by atoms with Gasteiger partial charge in [0.1, 0.15) is 0 Å². The summed E-state index contributed by atoms with van der Waals surface area (Å²) in [5, 5.41) is 11.0. The van der Waals surface area contributed by atoms with Crippen LogP contribution in [0.2, 0.25) is 0 Å². The Kier molecular flexibility index (Phi) is 4.13. The van der Waals surface area contributed by atoms with Crippen LogP contribution >= 0.6 is 0 Å². The van der Waals surface area contributed by atoms with Gasteiger partial charge in [-0.05, 0) is 24.6 Å². The average molecular weight is 265 g/mol. The molecule has 2 rings (SSSR count). The van der Waals surface area contributed by atoms with Crippen LogP contribution in [0.1, 0.15) is 25.0 Å². The van der Waals surface area contributed by atoms with E-state index in [1.54, 1.807) is 31.2 Å². The second-order valence-corrected chi connectivity index (χ2v) is 4.02. The average Bonchev–Trinajstić information content (AvgIpc) is 2.84. The lowest BCUT2D eigenvalue weighted by atomic mass is 10.1. The minimum atomic E-state index is -1.32. The maximum Gasteiger partial charge on any atom is 0.339 e. The fourth-order valence-corrected chi connectivity index (χ4v) is 1.77. The number of aliphatic hydroxyl groups is 1. The predicted molar refractivity (Wildman–Crippen MR) is 66.1 cm³/mol. The molecule has 0 saturated carbocycles. The molecule has 1 heterocycles. The van der Waals surface area contributed by atoms with Gasteiger partial charge in [-0.2, -0.15) is 5.06 Å². The van der Waals surface area contributed by atoms with E-state index in [1.165, 1.54) is 5.06 Å². The number of anilines is 1. The smallest absolute Gasteiger partial charge is 0.339 e. The third-order valence-electron chi connectivity index (χ3n) is 2.72. The Balaban J connectivity index is 2.10. The number of rotatable bonds is 4. The molecule has 102 valence electrons. The van der Waals surface area contributed by atoms with Crippen LogP contribution in [0, 0.1) is 0 Å². The highest BCUT2D eigenvalue weighted by Gasteiger charge is 2.24. The summed E-state index contributed by atoms with van der Waals surface area (Å²) in [6.45, 7) is 2.25. The van der Waals surface area contributed by atoms with Gasteiger partial charge < -0.3 is 9.84 Å². The van der Waals surface area contributed by atoms with Gasteiger partial charge in [-0.15, -0.1) is 0 Å². The van der Waals surface area contributed by atoms with E-state index in [-0.39, 0.29) is 12.5 Å². The minimum Gasteiger partial charge on any atom is -0.464 e. The zero-order valence-corrected chi connectivity index (χ0v) is 10.5. The van der Waals surface area contributed by atoms with E-state index in [2.05, 4.69) is 0 Å². The summed E-state index contributed by atoms with van der Waals surface area (Å²) in [5.41, 5.74) is 0.983. The Bertz CT molecular complexity index is 470. The zero-order valence-electron chi connectivity index (χ0n) is 10.5. The summed E-state index contributed by atoms with van der Waals surface area (Å²) in [4.78, 5) is 28.0. The molecule has 1 fully saturated rings. The lowest BCUT2D eigenvalue weighted by molar-refractivity contribution is -0.153. The molecule has 0 aliphatic carbocycles. The Morgan fingerprint density at radius 3 is 2.68 bits per heavy atom. The van der Waals surface area contributed by atoms with Crippen molar-refractivity contribution in [3.8, 4) is 0 Å². The van der Waals surface area contributed by atoms with Gasteiger partial charge in [0.2, 0.25) is 0 Å². The summed E-state index contributed by atoms with van der Waals surface area (Å²) in [6.07, 6.45) is -0.961. The van der Waals surface area contributed by atoms with E-state index >= 15 is 0 Å². The topological polar surface area (TPSA) is 76.1 Å². The Labute approximate surface area is 110 Å². The van der Waals surface area contributed by atoms with E-state index in [0.717, 1.165) is 0 Å². The lowest BCUT2D eigenvalue weighted by Gasteiger charge is -2.15. The summed E-state index contributed by atoms with van der Waals surface area (Å²) < 4.78 is 4.73. The number of hydrogen-bond acceptors (Lipinski definition) is 5. The van der Waals surface area contributed by atoms with Crippen molar-refractivity contribution in [1.82, 2.24) is 0 Å². The summed E-state index contributed by atoms with van der Waals surface area (Å²) >= 11 is 0. The highest BCUT2D eigenvalue weighted by molar-refractivity contribution is 5.92. The maximum atomic E-state index is 11.5. The van der Waals surface area contributed by atoms with Crippen LogP contribution < -0.4 is 5.06 Å². The molecule has 1 atom stereocenters. The van der Waals surface area contributed by atoms with Crippen molar-refractivity contribution in [3.05, 3.63) is 29.8 Å². The number of ether oxygens (including phenoxy) is 1. The quantitative estimate of drug-likeness (QED) is 0.820. The molecule has 1 aliphatic rings. The fraction of sp³-hybridized carbons (Fsp3) is 0.385. The van der Waals surface area contributed by atoms with Gasteiger partial charge in [0.15, 0.2) is 6.10 Å². The van der Waals surface area contributed by atoms with Crippen molar-refractivity contribution >= 4 is 17.6 Å². The minimum absolute atomic E-state index is 0.112. The largest absolute Gasteiger partial charge is 0.464 e. The Hall–Kier alpha value is -1.92. The van der Waals surface area contributed by atoms with Gasteiger partial charge in [0, 0.05) is 0 Å². The highest BCUT2D eigenvalue weighted by Crippen LogP contribution is 2.23. The summed E-state index contributed by atoms with van der Waals surface area (Å²) in [7, 11) is 0. The predicted octanol–water partition coefficient (Wildman–Crippen LogP) is 0.951. The molecule has 1 aromatic carbocycles. The normalized spacial score (nSPS) is 16.5. The summed E-state index contributed by atoms with van der Waals surface area (Å²) in [6, 6.07) is 6.35. The lowest BCUT2D eigenvalue weighted by Crippen LogP contribution is -2.22. The number of hydrogen-bond donors (Lipinski definition) is 1. The van der Waals surface area contributed by atoms with E-state index in [1.807, 2.05) is 0 Å².